The largest absolute Gasteiger partial charge is 0.331 e. The Kier molecular flexibility index (Phi) is 5.62. The second-order valence-corrected chi connectivity index (χ2v) is 3.81. The molecule has 17 heavy (non-hydrogen) atoms. The van der Waals surface area contributed by atoms with E-state index in [1.807, 2.05) is 6.07 Å². The van der Waals surface area contributed by atoms with E-state index in [1.165, 1.54) is 0 Å². The van der Waals surface area contributed by atoms with Crippen LogP contribution in [0.15, 0.2) is 30.3 Å². The summed E-state index contributed by atoms with van der Waals surface area (Å²) in [6, 6.07) is 8.81. The smallest absolute Gasteiger partial charge is 0.253 e. The van der Waals surface area contributed by atoms with Gasteiger partial charge in [-0.2, -0.15) is 0 Å². The Morgan fingerprint density at radius 1 is 1.18 bits per heavy atom. The van der Waals surface area contributed by atoms with Gasteiger partial charge in [0.1, 0.15) is 6.17 Å². The first-order valence-corrected chi connectivity index (χ1v) is 6.05. The van der Waals surface area contributed by atoms with Crippen LogP contribution in [0.1, 0.15) is 11.7 Å². The van der Waals surface area contributed by atoms with Crippen LogP contribution in [0.5, 0.6) is 0 Å². The SMILES string of the molecule is O=C(CF)NC(NC(=O)CBr)c1ccccc1. The summed E-state index contributed by atoms with van der Waals surface area (Å²) < 4.78 is 12.1. The van der Waals surface area contributed by atoms with E-state index in [2.05, 4.69) is 26.6 Å². The van der Waals surface area contributed by atoms with Crippen LogP contribution in [0.2, 0.25) is 0 Å². The van der Waals surface area contributed by atoms with Crippen molar-refractivity contribution in [2.75, 3.05) is 12.0 Å². The monoisotopic (exact) mass is 302 g/mol. The van der Waals surface area contributed by atoms with Gasteiger partial charge < -0.3 is 10.6 Å². The fourth-order valence-electron chi connectivity index (χ4n) is 1.25. The summed E-state index contributed by atoms with van der Waals surface area (Å²) in [4.78, 5) is 22.3. The molecular formula is C11H12BrFN2O2. The molecule has 0 saturated heterocycles. The molecule has 4 nitrogen and oxygen atoms in total. The summed E-state index contributed by atoms with van der Waals surface area (Å²) in [5.74, 6) is -1.06. The van der Waals surface area contributed by atoms with Crippen LogP contribution in [0, 0.1) is 0 Å². The molecule has 1 aromatic rings. The molecule has 0 aromatic heterocycles. The maximum absolute atomic E-state index is 12.1. The third-order valence-corrected chi connectivity index (χ3v) is 2.50. The average Bonchev–Trinajstić information content (AvgIpc) is 2.38. The van der Waals surface area contributed by atoms with E-state index in [0.717, 1.165) is 0 Å². The molecule has 0 aliphatic rings. The Morgan fingerprint density at radius 3 is 2.29 bits per heavy atom. The predicted octanol–water partition coefficient (Wildman–Crippen LogP) is 1.28. The zero-order valence-corrected chi connectivity index (χ0v) is 10.5. The minimum atomic E-state index is -1.12. The van der Waals surface area contributed by atoms with Crippen molar-refractivity contribution < 1.29 is 14.0 Å². The first-order chi connectivity index (χ1) is 8.17. The van der Waals surface area contributed by atoms with Crippen molar-refractivity contribution in [3.63, 3.8) is 0 Å². The molecule has 2 amide bonds. The van der Waals surface area contributed by atoms with Gasteiger partial charge in [0, 0.05) is 0 Å². The van der Waals surface area contributed by atoms with Gasteiger partial charge in [0.25, 0.3) is 5.91 Å². The van der Waals surface area contributed by atoms with Crippen LogP contribution in [-0.4, -0.2) is 23.8 Å². The molecule has 0 fully saturated rings. The summed E-state index contributed by atoms with van der Waals surface area (Å²) in [5.41, 5.74) is 0.684. The molecule has 0 saturated carbocycles. The van der Waals surface area contributed by atoms with E-state index in [-0.39, 0.29) is 11.2 Å². The average molecular weight is 303 g/mol. The number of hydrogen-bond acceptors (Lipinski definition) is 2. The summed E-state index contributed by atoms with van der Waals surface area (Å²) >= 11 is 3.00. The number of carbonyl (C=O) groups excluding carboxylic acids is 2. The molecular weight excluding hydrogens is 291 g/mol. The van der Waals surface area contributed by atoms with Gasteiger partial charge >= 0.3 is 0 Å². The van der Waals surface area contributed by atoms with Crippen LogP contribution in [-0.2, 0) is 9.59 Å². The van der Waals surface area contributed by atoms with E-state index >= 15 is 0 Å². The van der Waals surface area contributed by atoms with Crippen LogP contribution in [0.4, 0.5) is 4.39 Å². The molecule has 6 heteroatoms. The van der Waals surface area contributed by atoms with E-state index in [0.29, 0.717) is 5.56 Å². The van der Waals surface area contributed by atoms with Crippen molar-refractivity contribution in [3.8, 4) is 0 Å². The summed E-state index contributed by atoms with van der Waals surface area (Å²) in [7, 11) is 0. The fraction of sp³-hybridized carbons (Fsp3) is 0.273. The lowest BCUT2D eigenvalue weighted by Gasteiger charge is -2.19. The van der Waals surface area contributed by atoms with Gasteiger partial charge in [-0.25, -0.2) is 4.39 Å². The van der Waals surface area contributed by atoms with Gasteiger partial charge in [0.2, 0.25) is 5.91 Å². The highest BCUT2D eigenvalue weighted by Gasteiger charge is 2.15. The van der Waals surface area contributed by atoms with Gasteiger partial charge in [-0.3, -0.25) is 9.59 Å². The van der Waals surface area contributed by atoms with Crippen molar-refractivity contribution in [1.82, 2.24) is 10.6 Å². The normalized spacial score (nSPS) is 11.6. The number of amides is 2. The number of carbonyl (C=O) groups is 2. The van der Waals surface area contributed by atoms with Crippen molar-refractivity contribution >= 4 is 27.7 Å². The molecule has 1 unspecified atom stereocenters. The Morgan fingerprint density at radius 2 is 1.76 bits per heavy atom. The number of hydrogen-bond donors (Lipinski definition) is 2. The van der Waals surface area contributed by atoms with E-state index in [9.17, 15) is 14.0 Å². The maximum atomic E-state index is 12.1. The van der Waals surface area contributed by atoms with Gasteiger partial charge in [-0.1, -0.05) is 46.3 Å². The Balaban J connectivity index is 2.79. The van der Waals surface area contributed by atoms with Crippen LogP contribution < -0.4 is 10.6 Å². The highest BCUT2D eigenvalue weighted by atomic mass is 79.9. The maximum Gasteiger partial charge on any atom is 0.253 e. The predicted molar refractivity (Wildman–Crippen MR) is 65.2 cm³/mol. The molecule has 0 aliphatic carbocycles. The molecule has 0 bridgehead atoms. The molecule has 0 radical (unpaired) electrons. The summed E-state index contributed by atoms with van der Waals surface area (Å²) in [6.45, 7) is -1.12. The van der Waals surface area contributed by atoms with Crippen LogP contribution in [0.3, 0.4) is 0 Å². The summed E-state index contributed by atoms with van der Waals surface area (Å²) in [5, 5.41) is 5.06. The summed E-state index contributed by atoms with van der Waals surface area (Å²) in [6.07, 6.45) is -0.718. The zero-order valence-electron chi connectivity index (χ0n) is 8.95. The molecule has 2 N–H and O–H groups in total. The zero-order chi connectivity index (χ0) is 12.7. The number of rotatable bonds is 5. The van der Waals surface area contributed by atoms with Gasteiger partial charge in [0.15, 0.2) is 6.67 Å². The minimum absolute atomic E-state index is 0.113. The topological polar surface area (TPSA) is 58.2 Å². The lowest BCUT2D eigenvalue weighted by molar-refractivity contribution is -0.124. The minimum Gasteiger partial charge on any atom is -0.331 e. The lowest BCUT2D eigenvalue weighted by Crippen LogP contribution is -2.42. The number of alkyl halides is 2. The Labute approximate surface area is 107 Å². The standard InChI is InChI=1S/C11H12BrFN2O2/c12-6-9(16)14-11(15-10(17)7-13)8-4-2-1-3-5-8/h1-5,11H,6-7H2,(H,14,16)(H,15,17). The van der Waals surface area contributed by atoms with Crippen LogP contribution in [0.25, 0.3) is 0 Å². The van der Waals surface area contributed by atoms with Crippen molar-refractivity contribution in [3.05, 3.63) is 35.9 Å². The molecule has 1 aromatic carbocycles. The van der Waals surface area contributed by atoms with Gasteiger partial charge in [0.05, 0.1) is 5.33 Å². The van der Waals surface area contributed by atoms with Crippen molar-refractivity contribution in [1.29, 1.82) is 0 Å². The lowest BCUT2D eigenvalue weighted by atomic mass is 10.1. The second-order valence-electron chi connectivity index (χ2n) is 3.25. The van der Waals surface area contributed by atoms with E-state index in [4.69, 9.17) is 0 Å². The van der Waals surface area contributed by atoms with Crippen LogP contribution >= 0.6 is 15.9 Å². The third-order valence-electron chi connectivity index (χ3n) is 1.99. The molecule has 0 spiro atoms. The van der Waals surface area contributed by atoms with E-state index in [1.54, 1.807) is 24.3 Å². The Hall–Kier alpha value is -1.43. The van der Waals surface area contributed by atoms with Crippen molar-refractivity contribution in [2.45, 2.75) is 6.17 Å². The van der Waals surface area contributed by atoms with E-state index < -0.39 is 18.7 Å². The fourth-order valence-corrected chi connectivity index (χ4v) is 1.41. The third kappa shape index (κ3) is 4.52. The molecule has 1 rings (SSSR count). The highest BCUT2D eigenvalue weighted by molar-refractivity contribution is 9.09. The first-order valence-electron chi connectivity index (χ1n) is 4.93. The quantitative estimate of drug-likeness (QED) is 0.636. The number of benzene rings is 1. The van der Waals surface area contributed by atoms with Crippen molar-refractivity contribution in [2.24, 2.45) is 0 Å². The van der Waals surface area contributed by atoms with Gasteiger partial charge in [-0.05, 0) is 5.56 Å². The molecule has 0 aliphatic heterocycles. The number of halogens is 2. The molecule has 92 valence electrons. The Bertz CT molecular complexity index is 368. The molecule has 0 heterocycles. The first kappa shape index (κ1) is 13.6. The second kappa shape index (κ2) is 7.01. The highest BCUT2D eigenvalue weighted by Crippen LogP contribution is 2.09. The number of nitrogens with one attached hydrogen (secondary N) is 2. The molecule has 1 atom stereocenters. The van der Waals surface area contributed by atoms with Gasteiger partial charge in [-0.15, -0.1) is 0 Å².